The van der Waals surface area contributed by atoms with E-state index in [9.17, 15) is 18.0 Å². The Morgan fingerprint density at radius 2 is 1.76 bits per heavy atom. The quantitative estimate of drug-likeness (QED) is 0.625. The lowest BCUT2D eigenvalue weighted by atomic mass is 10.1. The van der Waals surface area contributed by atoms with Gasteiger partial charge in [0.25, 0.3) is 0 Å². The van der Waals surface area contributed by atoms with Crippen LogP contribution in [0.1, 0.15) is 22.3 Å². The van der Waals surface area contributed by atoms with Crippen molar-refractivity contribution in [2.75, 3.05) is 0 Å². The van der Waals surface area contributed by atoms with Gasteiger partial charge in [-0.05, 0) is 49.2 Å². The van der Waals surface area contributed by atoms with Gasteiger partial charge in [-0.2, -0.15) is 13.2 Å². The summed E-state index contributed by atoms with van der Waals surface area (Å²) in [7, 11) is 0. The van der Waals surface area contributed by atoms with Crippen LogP contribution in [0.4, 0.5) is 13.2 Å². The van der Waals surface area contributed by atoms with Gasteiger partial charge in [0, 0.05) is 5.56 Å². The fourth-order valence-electron chi connectivity index (χ4n) is 2.60. The molecule has 0 aliphatic carbocycles. The molecular weight excluding hydrogens is 333 g/mol. The normalized spacial score (nSPS) is 11.7. The largest absolute Gasteiger partial charge is 0.488 e. The monoisotopic (exact) mass is 348 g/mol. The van der Waals surface area contributed by atoms with Crippen LogP contribution in [0.5, 0.6) is 5.75 Å². The van der Waals surface area contributed by atoms with E-state index < -0.39 is 17.4 Å². The molecule has 3 aromatic rings. The van der Waals surface area contributed by atoms with Crippen LogP contribution in [0.25, 0.3) is 11.0 Å². The number of alkyl halides is 3. The Hall–Kier alpha value is -2.76. The van der Waals surface area contributed by atoms with Crippen LogP contribution in [0.3, 0.4) is 0 Å². The standard InChI is InChI=1S/C19H15F3O3/c1-11-12(2)18(23)25-16-8-4-7-15(17(11)16)24-10-13-5-3-6-14(9-13)19(20,21)22/h3-9H,10H2,1-2H3. The van der Waals surface area contributed by atoms with Crippen LogP contribution < -0.4 is 10.4 Å². The van der Waals surface area contributed by atoms with Gasteiger partial charge in [-0.15, -0.1) is 0 Å². The Bertz CT molecular complexity index is 987. The van der Waals surface area contributed by atoms with E-state index in [-0.39, 0.29) is 6.61 Å². The first kappa shape index (κ1) is 17.1. The van der Waals surface area contributed by atoms with Gasteiger partial charge in [0.1, 0.15) is 17.9 Å². The molecule has 2 aromatic carbocycles. The molecule has 1 aromatic heterocycles. The minimum atomic E-state index is -4.40. The predicted octanol–water partition coefficient (Wildman–Crippen LogP) is 5.01. The van der Waals surface area contributed by atoms with E-state index in [1.54, 1.807) is 38.1 Å². The Morgan fingerprint density at radius 3 is 2.48 bits per heavy atom. The van der Waals surface area contributed by atoms with E-state index in [2.05, 4.69) is 0 Å². The number of rotatable bonds is 3. The van der Waals surface area contributed by atoms with Gasteiger partial charge in [0.15, 0.2) is 0 Å². The lowest BCUT2D eigenvalue weighted by Gasteiger charge is -2.13. The maximum Gasteiger partial charge on any atom is 0.416 e. The molecule has 0 bridgehead atoms. The number of aryl methyl sites for hydroxylation is 1. The van der Waals surface area contributed by atoms with Crippen molar-refractivity contribution in [2.24, 2.45) is 0 Å². The van der Waals surface area contributed by atoms with Crippen molar-refractivity contribution in [2.45, 2.75) is 26.6 Å². The number of hydrogen-bond acceptors (Lipinski definition) is 3. The topological polar surface area (TPSA) is 39.4 Å². The van der Waals surface area contributed by atoms with Crippen LogP contribution in [0, 0.1) is 13.8 Å². The van der Waals surface area contributed by atoms with Crippen molar-refractivity contribution in [3.05, 3.63) is 75.1 Å². The summed E-state index contributed by atoms with van der Waals surface area (Å²) in [5.74, 6) is 0.458. The van der Waals surface area contributed by atoms with E-state index in [1.165, 1.54) is 6.07 Å². The molecular formula is C19H15F3O3. The molecule has 0 N–H and O–H groups in total. The van der Waals surface area contributed by atoms with Crippen molar-refractivity contribution in [3.8, 4) is 5.75 Å². The molecule has 0 saturated carbocycles. The zero-order chi connectivity index (χ0) is 18.2. The van der Waals surface area contributed by atoms with Crippen molar-refractivity contribution in [1.29, 1.82) is 0 Å². The molecule has 25 heavy (non-hydrogen) atoms. The first-order chi connectivity index (χ1) is 11.8. The molecule has 6 heteroatoms. The second kappa shape index (κ2) is 6.27. The van der Waals surface area contributed by atoms with Crippen LogP contribution in [-0.4, -0.2) is 0 Å². The zero-order valence-electron chi connectivity index (χ0n) is 13.6. The third-order valence-corrected chi connectivity index (χ3v) is 4.08. The van der Waals surface area contributed by atoms with E-state index >= 15 is 0 Å². The van der Waals surface area contributed by atoms with Gasteiger partial charge in [-0.25, -0.2) is 4.79 Å². The zero-order valence-corrected chi connectivity index (χ0v) is 13.6. The minimum absolute atomic E-state index is 0.0271. The van der Waals surface area contributed by atoms with Gasteiger partial charge in [0.2, 0.25) is 0 Å². The van der Waals surface area contributed by atoms with E-state index in [4.69, 9.17) is 9.15 Å². The van der Waals surface area contributed by atoms with Gasteiger partial charge in [0.05, 0.1) is 10.9 Å². The average Bonchev–Trinajstić information content (AvgIpc) is 2.57. The fraction of sp³-hybridized carbons (Fsp3) is 0.211. The first-order valence-electron chi connectivity index (χ1n) is 7.59. The summed E-state index contributed by atoms with van der Waals surface area (Å²) in [5.41, 5.74) is 0.853. The summed E-state index contributed by atoms with van der Waals surface area (Å²) in [4.78, 5) is 11.8. The molecule has 0 radical (unpaired) electrons. The highest BCUT2D eigenvalue weighted by molar-refractivity contribution is 5.87. The van der Waals surface area contributed by atoms with Gasteiger partial charge in [-0.1, -0.05) is 18.2 Å². The smallest absolute Gasteiger partial charge is 0.416 e. The summed E-state index contributed by atoms with van der Waals surface area (Å²) in [6, 6.07) is 10.0. The predicted molar refractivity (Wildman–Crippen MR) is 87.7 cm³/mol. The second-order valence-corrected chi connectivity index (χ2v) is 5.76. The van der Waals surface area contributed by atoms with Crippen LogP contribution in [-0.2, 0) is 12.8 Å². The lowest BCUT2D eigenvalue weighted by molar-refractivity contribution is -0.137. The van der Waals surface area contributed by atoms with Crippen molar-refractivity contribution in [3.63, 3.8) is 0 Å². The molecule has 3 rings (SSSR count). The van der Waals surface area contributed by atoms with Crippen LogP contribution >= 0.6 is 0 Å². The molecule has 0 fully saturated rings. The van der Waals surface area contributed by atoms with Crippen molar-refractivity contribution < 1.29 is 22.3 Å². The van der Waals surface area contributed by atoms with E-state index in [0.717, 1.165) is 17.7 Å². The first-order valence-corrected chi connectivity index (χ1v) is 7.59. The SMILES string of the molecule is Cc1c(C)c2c(OCc3cccc(C(F)(F)F)c3)cccc2oc1=O. The third-order valence-electron chi connectivity index (χ3n) is 4.08. The number of fused-ring (bicyclic) bond motifs is 1. The van der Waals surface area contributed by atoms with Crippen molar-refractivity contribution in [1.82, 2.24) is 0 Å². The van der Waals surface area contributed by atoms with Gasteiger partial charge >= 0.3 is 11.8 Å². The van der Waals surface area contributed by atoms with Gasteiger partial charge in [-0.3, -0.25) is 0 Å². The lowest BCUT2D eigenvalue weighted by Crippen LogP contribution is -2.07. The number of benzene rings is 2. The minimum Gasteiger partial charge on any atom is -0.488 e. The molecule has 0 spiro atoms. The summed E-state index contributed by atoms with van der Waals surface area (Å²) in [6.07, 6.45) is -4.40. The molecule has 1 heterocycles. The Labute approximate surface area is 141 Å². The maximum absolute atomic E-state index is 12.8. The molecule has 0 aliphatic heterocycles. The summed E-state index contributed by atoms with van der Waals surface area (Å²) in [6.45, 7) is 3.41. The summed E-state index contributed by atoms with van der Waals surface area (Å²) < 4.78 is 49.3. The summed E-state index contributed by atoms with van der Waals surface area (Å²) in [5, 5.41) is 0.645. The highest BCUT2D eigenvalue weighted by Gasteiger charge is 2.30. The number of halogens is 3. The summed E-state index contributed by atoms with van der Waals surface area (Å²) >= 11 is 0. The molecule has 0 aliphatic rings. The molecule has 0 saturated heterocycles. The highest BCUT2D eigenvalue weighted by atomic mass is 19.4. The molecule has 0 amide bonds. The Balaban J connectivity index is 1.95. The molecule has 130 valence electrons. The van der Waals surface area contributed by atoms with Crippen molar-refractivity contribution >= 4 is 11.0 Å². The number of hydrogen-bond donors (Lipinski definition) is 0. The average molecular weight is 348 g/mol. The fourth-order valence-corrected chi connectivity index (χ4v) is 2.60. The Kier molecular flexibility index (Phi) is 4.29. The van der Waals surface area contributed by atoms with Gasteiger partial charge < -0.3 is 9.15 Å². The molecule has 3 nitrogen and oxygen atoms in total. The van der Waals surface area contributed by atoms with Crippen LogP contribution in [0.15, 0.2) is 51.7 Å². The molecule has 0 atom stereocenters. The maximum atomic E-state index is 12.8. The van der Waals surface area contributed by atoms with E-state index in [1.807, 2.05) is 0 Å². The number of ether oxygens (including phenoxy) is 1. The van der Waals surface area contributed by atoms with Crippen LogP contribution in [0.2, 0.25) is 0 Å². The Morgan fingerprint density at radius 1 is 1.04 bits per heavy atom. The third kappa shape index (κ3) is 3.38. The highest BCUT2D eigenvalue weighted by Crippen LogP contribution is 2.31. The molecule has 0 unspecified atom stereocenters. The van der Waals surface area contributed by atoms with E-state index in [0.29, 0.717) is 27.8 Å². The second-order valence-electron chi connectivity index (χ2n) is 5.76.